The summed E-state index contributed by atoms with van der Waals surface area (Å²) in [6.07, 6.45) is 5.60. The van der Waals surface area contributed by atoms with Gasteiger partial charge in [-0.1, -0.05) is 29.6 Å². The number of carbonyl (C=O) groups is 1. The summed E-state index contributed by atoms with van der Waals surface area (Å²) in [5.74, 6) is 0.920. The predicted octanol–water partition coefficient (Wildman–Crippen LogP) is 3.06. The summed E-state index contributed by atoms with van der Waals surface area (Å²) < 4.78 is 25.3. The molecular formula is C16H20Cl2N2O3S. The molecule has 1 N–H and O–H groups in total. The lowest BCUT2D eigenvalue weighted by Gasteiger charge is -2.26. The number of hydrogen-bond donors (Lipinski definition) is 1. The van der Waals surface area contributed by atoms with Crippen molar-refractivity contribution in [2.45, 2.75) is 31.7 Å². The van der Waals surface area contributed by atoms with Crippen molar-refractivity contribution in [2.24, 2.45) is 11.8 Å². The van der Waals surface area contributed by atoms with Gasteiger partial charge in [-0.05, 0) is 49.3 Å². The number of nitrogens with one attached hydrogen (secondary N) is 1. The van der Waals surface area contributed by atoms with Gasteiger partial charge < -0.3 is 5.32 Å². The topological polar surface area (TPSA) is 66.5 Å². The molecule has 0 aromatic heterocycles. The quantitative estimate of drug-likeness (QED) is 0.839. The number of amides is 1. The van der Waals surface area contributed by atoms with Gasteiger partial charge in [0.05, 0.1) is 17.0 Å². The highest BCUT2D eigenvalue weighted by molar-refractivity contribution is 7.92. The summed E-state index contributed by atoms with van der Waals surface area (Å²) in [4.78, 5) is 12.4. The minimum atomic E-state index is -3.67. The molecule has 2 bridgehead atoms. The molecule has 0 saturated heterocycles. The standard InChI is InChI=1S/C16H20Cl2N2O3S/c1-24(22,23)20(15-8-12(17)4-5-13(15)18)9-16(21)19-14-7-10-2-3-11(14)6-10/h4-5,8,10-11,14H,2-3,6-7,9H2,1H3,(H,19,21)/t10-,11-,14+/m0/s1. The summed E-state index contributed by atoms with van der Waals surface area (Å²) in [7, 11) is -3.67. The molecule has 0 radical (unpaired) electrons. The van der Waals surface area contributed by atoms with Crippen molar-refractivity contribution in [3.63, 3.8) is 0 Å². The number of nitrogens with zero attached hydrogens (tertiary/aromatic N) is 1. The molecule has 0 heterocycles. The Hall–Kier alpha value is -0.980. The largest absolute Gasteiger partial charge is 0.352 e. The van der Waals surface area contributed by atoms with E-state index in [1.807, 2.05) is 0 Å². The fourth-order valence-corrected chi connectivity index (χ4v) is 5.16. The Balaban J connectivity index is 1.75. The maximum atomic E-state index is 12.4. The van der Waals surface area contributed by atoms with Gasteiger partial charge in [0.1, 0.15) is 6.54 Å². The van der Waals surface area contributed by atoms with Crippen molar-refractivity contribution in [3.8, 4) is 0 Å². The first kappa shape index (κ1) is 17.8. The minimum absolute atomic E-state index is 0.160. The summed E-state index contributed by atoms with van der Waals surface area (Å²) in [6, 6.07) is 4.71. The number of halogens is 2. The Morgan fingerprint density at radius 2 is 2.04 bits per heavy atom. The van der Waals surface area contributed by atoms with E-state index in [2.05, 4.69) is 5.32 Å². The number of hydrogen-bond acceptors (Lipinski definition) is 3. The van der Waals surface area contributed by atoms with E-state index >= 15 is 0 Å². The third-order valence-corrected chi connectivity index (χ3v) is 6.63. The van der Waals surface area contributed by atoms with Crippen LogP contribution in [-0.2, 0) is 14.8 Å². The number of carbonyl (C=O) groups excluding carboxylic acids is 1. The van der Waals surface area contributed by atoms with Gasteiger partial charge in [0.15, 0.2) is 0 Å². The lowest BCUT2D eigenvalue weighted by Crippen LogP contribution is -2.45. The molecule has 1 amide bonds. The normalized spacial score (nSPS) is 25.7. The molecule has 0 unspecified atom stereocenters. The van der Waals surface area contributed by atoms with Crippen molar-refractivity contribution in [2.75, 3.05) is 17.1 Å². The molecule has 1 aromatic rings. The van der Waals surface area contributed by atoms with Crippen LogP contribution in [0.15, 0.2) is 18.2 Å². The van der Waals surface area contributed by atoms with Crippen molar-refractivity contribution < 1.29 is 13.2 Å². The van der Waals surface area contributed by atoms with Crippen molar-refractivity contribution in [1.29, 1.82) is 0 Å². The van der Waals surface area contributed by atoms with Gasteiger partial charge in [0.2, 0.25) is 15.9 Å². The second-order valence-electron chi connectivity index (χ2n) is 6.71. The van der Waals surface area contributed by atoms with E-state index in [1.165, 1.54) is 25.0 Å². The Labute approximate surface area is 152 Å². The number of benzene rings is 1. The number of anilines is 1. The fraction of sp³-hybridized carbons (Fsp3) is 0.562. The molecule has 3 rings (SSSR count). The second-order valence-corrected chi connectivity index (χ2v) is 9.46. The minimum Gasteiger partial charge on any atom is -0.352 e. The molecule has 2 saturated carbocycles. The SMILES string of the molecule is CS(=O)(=O)N(CC(=O)N[C@@H]1C[C@H]2CC[C@H]1C2)c1cc(Cl)ccc1Cl. The maximum absolute atomic E-state index is 12.4. The van der Waals surface area contributed by atoms with E-state index in [9.17, 15) is 13.2 Å². The van der Waals surface area contributed by atoms with Crippen LogP contribution in [0.5, 0.6) is 0 Å². The number of rotatable bonds is 5. The second kappa shape index (κ2) is 6.73. The first-order valence-corrected chi connectivity index (χ1v) is 10.6. The van der Waals surface area contributed by atoms with Crippen LogP contribution in [0.2, 0.25) is 10.0 Å². The van der Waals surface area contributed by atoms with Gasteiger partial charge in [-0.2, -0.15) is 0 Å². The van der Waals surface area contributed by atoms with Crippen LogP contribution in [0.4, 0.5) is 5.69 Å². The average Bonchev–Trinajstić information content (AvgIpc) is 3.09. The monoisotopic (exact) mass is 390 g/mol. The lowest BCUT2D eigenvalue weighted by molar-refractivity contribution is -0.120. The summed E-state index contributed by atoms with van der Waals surface area (Å²) in [5, 5.41) is 3.59. The Kier molecular flexibility index (Phi) is 5.00. The highest BCUT2D eigenvalue weighted by Crippen LogP contribution is 2.44. The van der Waals surface area contributed by atoms with Gasteiger partial charge in [0.25, 0.3) is 0 Å². The molecule has 2 aliphatic rings. The molecular weight excluding hydrogens is 371 g/mol. The zero-order valence-electron chi connectivity index (χ0n) is 13.3. The van der Waals surface area contributed by atoms with Gasteiger partial charge >= 0.3 is 0 Å². The maximum Gasteiger partial charge on any atom is 0.241 e. The number of sulfonamides is 1. The first-order valence-electron chi connectivity index (χ1n) is 7.96. The molecule has 5 nitrogen and oxygen atoms in total. The average molecular weight is 391 g/mol. The molecule has 3 atom stereocenters. The summed E-state index contributed by atoms with van der Waals surface area (Å²) in [6.45, 7) is -0.299. The zero-order valence-corrected chi connectivity index (χ0v) is 15.7. The smallest absolute Gasteiger partial charge is 0.241 e. The van der Waals surface area contributed by atoms with Crippen LogP contribution in [0.25, 0.3) is 0 Å². The zero-order chi connectivity index (χ0) is 17.5. The number of fused-ring (bicyclic) bond motifs is 2. The van der Waals surface area contributed by atoms with E-state index in [0.29, 0.717) is 16.9 Å². The molecule has 2 fully saturated rings. The third kappa shape index (κ3) is 3.81. The van der Waals surface area contributed by atoms with Crippen LogP contribution in [0.1, 0.15) is 25.7 Å². The molecule has 1 aromatic carbocycles. The third-order valence-electron chi connectivity index (χ3n) is 4.95. The molecule has 24 heavy (non-hydrogen) atoms. The van der Waals surface area contributed by atoms with Crippen molar-refractivity contribution in [1.82, 2.24) is 5.32 Å². The van der Waals surface area contributed by atoms with E-state index in [-0.39, 0.29) is 29.2 Å². The van der Waals surface area contributed by atoms with E-state index in [1.54, 1.807) is 6.07 Å². The fourth-order valence-electron chi connectivity index (χ4n) is 3.86. The lowest BCUT2D eigenvalue weighted by atomic mass is 9.95. The van der Waals surface area contributed by atoms with Gasteiger partial charge in [-0.15, -0.1) is 0 Å². The Morgan fingerprint density at radius 1 is 1.29 bits per heavy atom. The van der Waals surface area contributed by atoms with Crippen LogP contribution >= 0.6 is 23.2 Å². The van der Waals surface area contributed by atoms with Crippen LogP contribution < -0.4 is 9.62 Å². The highest BCUT2D eigenvalue weighted by atomic mass is 35.5. The summed E-state index contributed by atoms with van der Waals surface area (Å²) in [5.41, 5.74) is 0.217. The van der Waals surface area contributed by atoms with Crippen LogP contribution in [0.3, 0.4) is 0 Å². The van der Waals surface area contributed by atoms with Gasteiger partial charge in [-0.3, -0.25) is 9.10 Å². The van der Waals surface area contributed by atoms with E-state index in [0.717, 1.165) is 23.4 Å². The van der Waals surface area contributed by atoms with Gasteiger partial charge in [0, 0.05) is 11.1 Å². The molecule has 2 aliphatic carbocycles. The molecule has 0 spiro atoms. The van der Waals surface area contributed by atoms with E-state index < -0.39 is 10.0 Å². The molecule has 132 valence electrons. The molecule has 0 aliphatic heterocycles. The van der Waals surface area contributed by atoms with Crippen LogP contribution in [0, 0.1) is 11.8 Å². The van der Waals surface area contributed by atoms with Crippen LogP contribution in [-0.4, -0.2) is 33.2 Å². The summed E-state index contributed by atoms with van der Waals surface area (Å²) >= 11 is 12.1. The van der Waals surface area contributed by atoms with E-state index in [4.69, 9.17) is 23.2 Å². The van der Waals surface area contributed by atoms with Crippen molar-refractivity contribution >= 4 is 44.8 Å². The molecule has 8 heteroatoms. The van der Waals surface area contributed by atoms with Crippen molar-refractivity contribution in [3.05, 3.63) is 28.2 Å². The Morgan fingerprint density at radius 3 is 2.62 bits per heavy atom. The highest BCUT2D eigenvalue weighted by Gasteiger charge is 2.40. The van der Waals surface area contributed by atoms with Gasteiger partial charge in [-0.25, -0.2) is 8.42 Å². The Bertz CT molecular complexity index is 754. The first-order chi connectivity index (χ1) is 11.2. The predicted molar refractivity (Wildman–Crippen MR) is 96.0 cm³/mol.